The van der Waals surface area contributed by atoms with E-state index < -0.39 is 0 Å². The van der Waals surface area contributed by atoms with Gasteiger partial charge in [0, 0.05) is 22.9 Å². The molecule has 1 aromatic heterocycles. The Balaban J connectivity index is 2.03. The molecule has 0 N–H and O–H groups in total. The predicted octanol–water partition coefficient (Wildman–Crippen LogP) is 3.85. The van der Waals surface area contributed by atoms with Gasteiger partial charge in [-0.2, -0.15) is 0 Å². The van der Waals surface area contributed by atoms with Crippen LogP contribution in [0.2, 0.25) is 0 Å². The summed E-state index contributed by atoms with van der Waals surface area (Å²) in [5.74, 6) is 0.885. The summed E-state index contributed by atoms with van der Waals surface area (Å²) in [6, 6.07) is 6.04. The van der Waals surface area contributed by atoms with Crippen molar-refractivity contribution < 1.29 is 4.74 Å². The third kappa shape index (κ3) is 4.03. The van der Waals surface area contributed by atoms with Crippen molar-refractivity contribution in [2.24, 2.45) is 0 Å². The van der Waals surface area contributed by atoms with Gasteiger partial charge in [-0.05, 0) is 37.7 Å². The SMILES string of the molecule is COc1ccc(Br)c(CN(C)Cc2csc(C)n2)c1. The summed E-state index contributed by atoms with van der Waals surface area (Å²) in [6.45, 7) is 3.75. The van der Waals surface area contributed by atoms with Crippen molar-refractivity contribution in [3.8, 4) is 5.75 Å². The average molecular weight is 341 g/mol. The number of thiazole rings is 1. The molecule has 0 amide bonds. The molecule has 0 atom stereocenters. The van der Waals surface area contributed by atoms with Crippen molar-refractivity contribution in [1.82, 2.24) is 9.88 Å². The third-order valence-electron chi connectivity index (χ3n) is 2.79. The highest BCUT2D eigenvalue weighted by atomic mass is 79.9. The van der Waals surface area contributed by atoms with Crippen LogP contribution >= 0.6 is 27.3 Å². The lowest BCUT2D eigenvalue weighted by molar-refractivity contribution is 0.314. The molecule has 1 heterocycles. The summed E-state index contributed by atoms with van der Waals surface area (Å²) >= 11 is 5.28. The van der Waals surface area contributed by atoms with Crippen molar-refractivity contribution in [3.63, 3.8) is 0 Å². The molecule has 1 aromatic carbocycles. The summed E-state index contributed by atoms with van der Waals surface area (Å²) in [7, 11) is 3.79. The molecule has 0 bridgehead atoms. The summed E-state index contributed by atoms with van der Waals surface area (Å²) in [5, 5.41) is 3.23. The summed E-state index contributed by atoms with van der Waals surface area (Å²) in [4.78, 5) is 6.73. The minimum Gasteiger partial charge on any atom is -0.497 e. The predicted molar refractivity (Wildman–Crippen MR) is 82.7 cm³/mol. The second-order valence-electron chi connectivity index (χ2n) is 4.49. The molecule has 0 aliphatic rings. The van der Waals surface area contributed by atoms with E-state index in [1.54, 1.807) is 18.4 Å². The number of methoxy groups -OCH3 is 1. The van der Waals surface area contributed by atoms with Gasteiger partial charge in [-0.1, -0.05) is 15.9 Å². The van der Waals surface area contributed by atoms with Gasteiger partial charge in [-0.3, -0.25) is 4.90 Å². The van der Waals surface area contributed by atoms with E-state index in [4.69, 9.17) is 4.74 Å². The van der Waals surface area contributed by atoms with Gasteiger partial charge < -0.3 is 4.74 Å². The molecule has 2 rings (SSSR count). The van der Waals surface area contributed by atoms with E-state index in [2.05, 4.69) is 44.3 Å². The quantitative estimate of drug-likeness (QED) is 0.826. The van der Waals surface area contributed by atoms with Crippen LogP contribution in [-0.4, -0.2) is 24.0 Å². The van der Waals surface area contributed by atoms with E-state index in [1.165, 1.54) is 5.56 Å². The average Bonchev–Trinajstić information content (AvgIpc) is 2.77. The second-order valence-corrected chi connectivity index (χ2v) is 6.40. The summed E-state index contributed by atoms with van der Waals surface area (Å²) in [6.07, 6.45) is 0. The molecule has 0 fully saturated rings. The number of aryl methyl sites for hydroxylation is 1. The number of hydrogen-bond donors (Lipinski definition) is 0. The Morgan fingerprint density at radius 2 is 2.16 bits per heavy atom. The molecule has 2 aromatic rings. The van der Waals surface area contributed by atoms with E-state index in [0.717, 1.165) is 34.0 Å². The normalized spacial score (nSPS) is 11.0. The Kier molecular flexibility index (Phi) is 4.96. The highest BCUT2D eigenvalue weighted by Gasteiger charge is 2.08. The number of hydrogen-bond acceptors (Lipinski definition) is 4. The van der Waals surface area contributed by atoms with E-state index in [0.29, 0.717) is 0 Å². The molecule has 5 heteroatoms. The van der Waals surface area contributed by atoms with Crippen LogP contribution in [0.5, 0.6) is 5.75 Å². The molecule has 0 saturated heterocycles. The lowest BCUT2D eigenvalue weighted by Gasteiger charge is -2.17. The third-order valence-corrected chi connectivity index (χ3v) is 4.39. The minimum absolute atomic E-state index is 0.855. The number of aromatic nitrogens is 1. The first kappa shape index (κ1) is 14.5. The van der Waals surface area contributed by atoms with E-state index in [-0.39, 0.29) is 0 Å². The van der Waals surface area contributed by atoms with Gasteiger partial charge in [0.1, 0.15) is 5.75 Å². The molecule has 0 aliphatic carbocycles. The Hall–Kier alpha value is -0.910. The van der Waals surface area contributed by atoms with Crippen molar-refractivity contribution >= 4 is 27.3 Å². The maximum absolute atomic E-state index is 5.26. The van der Waals surface area contributed by atoms with E-state index in [1.807, 2.05) is 19.1 Å². The molecule has 3 nitrogen and oxygen atoms in total. The number of benzene rings is 1. The Morgan fingerprint density at radius 1 is 1.37 bits per heavy atom. The van der Waals surface area contributed by atoms with Gasteiger partial charge in [0.15, 0.2) is 0 Å². The van der Waals surface area contributed by atoms with Gasteiger partial charge in [-0.25, -0.2) is 4.98 Å². The van der Waals surface area contributed by atoms with Crippen LogP contribution in [0, 0.1) is 6.92 Å². The molecule has 19 heavy (non-hydrogen) atoms. The zero-order chi connectivity index (χ0) is 13.8. The first-order valence-corrected chi connectivity index (χ1v) is 7.67. The molecule has 0 unspecified atom stereocenters. The fourth-order valence-corrected chi connectivity index (χ4v) is 2.88. The highest BCUT2D eigenvalue weighted by Crippen LogP contribution is 2.24. The number of halogens is 1. The van der Waals surface area contributed by atoms with E-state index in [9.17, 15) is 0 Å². The van der Waals surface area contributed by atoms with Crippen LogP contribution < -0.4 is 4.74 Å². The van der Waals surface area contributed by atoms with Crippen molar-refractivity contribution in [2.75, 3.05) is 14.2 Å². The monoisotopic (exact) mass is 340 g/mol. The smallest absolute Gasteiger partial charge is 0.119 e. The Bertz CT molecular complexity index is 556. The lowest BCUT2D eigenvalue weighted by atomic mass is 10.2. The fourth-order valence-electron chi connectivity index (χ4n) is 1.90. The van der Waals surface area contributed by atoms with Crippen LogP contribution in [0.25, 0.3) is 0 Å². The van der Waals surface area contributed by atoms with Gasteiger partial charge in [0.2, 0.25) is 0 Å². The van der Waals surface area contributed by atoms with Gasteiger partial charge >= 0.3 is 0 Å². The zero-order valence-electron chi connectivity index (χ0n) is 11.3. The standard InChI is InChI=1S/C14H17BrN2OS/c1-10-16-12(9-19-10)8-17(2)7-11-6-13(18-3)4-5-14(11)15/h4-6,9H,7-8H2,1-3H3. The molecule has 0 saturated carbocycles. The number of rotatable bonds is 5. The van der Waals surface area contributed by atoms with Crippen LogP contribution in [0.3, 0.4) is 0 Å². The van der Waals surface area contributed by atoms with Crippen LogP contribution in [-0.2, 0) is 13.1 Å². The van der Waals surface area contributed by atoms with Crippen molar-refractivity contribution in [3.05, 3.63) is 44.3 Å². The summed E-state index contributed by atoms with van der Waals surface area (Å²) < 4.78 is 6.37. The molecule has 102 valence electrons. The Morgan fingerprint density at radius 3 is 2.79 bits per heavy atom. The maximum Gasteiger partial charge on any atom is 0.119 e. The van der Waals surface area contributed by atoms with Gasteiger partial charge in [-0.15, -0.1) is 11.3 Å². The van der Waals surface area contributed by atoms with Gasteiger partial charge in [0.05, 0.1) is 17.8 Å². The molecule has 0 aliphatic heterocycles. The topological polar surface area (TPSA) is 25.4 Å². The van der Waals surface area contributed by atoms with E-state index >= 15 is 0 Å². The van der Waals surface area contributed by atoms with Crippen LogP contribution in [0.1, 0.15) is 16.3 Å². The minimum atomic E-state index is 0.855. The largest absolute Gasteiger partial charge is 0.497 e. The lowest BCUT2D eigenvalue weighted by Crippen LogP contribution is -2.17. The summed E-state index contributed by atoms with van der Waals surface area (Å²) in [5.41, 5.74) is 2.35. The second kappa shape index (κ2) is 6.50. The number of nitrogens with zero attached hydrogens (tertiary/aromatic N) is 2. The molecular weight excluding hydrogens is 324 g/mol. The number of ether oxygens (including phenoxy) is 1. The fraction of sp³-hybridized carbons (Fsp3) is 0.357. The molecular formula is C14H17BrN2OS. The first-order chi connectivity index (χ1) is 9.08. The van der Waals surface area contributed by atoms with Gasteiger partial charge in [0.25, 0.3) is 0 Å². The Labute approximate surface area is 126 Å². The van der Waals surface area contributed by atoms with Crippen molar-refractivity contribution in [2.45, 2.75) is 20.0 Å². The molecule has 0 radical (unpaired) electrons. The molecule has 0 spiro atoms. The zero-order valence-corrected chi connectivity index (χ0v) is 13.7. The maximum atomic E-state index is 5.26. The first-order valence-electron chi connectivity index (χ1n) is 6.00. The van der Waals surface area contributed by atoms with Crippen LogP contribution in [0.4, 0.5) is 0 Å². The van der Waals surface area contributed by atoms with Crippen LogP contribution in [0.15, 0.2) is 28.1 Å². The highest BCUT2D eigenvalue weighted by molar-refractivity contribution is 9.10. The van der Waals surface area contributed by atoms with Crippen molar-refractivity contribution in [1.29, 1.82) is 0 Å².